The summed E-state index contributed by atoms with van der Waals surface area (Å²) < 4.78 is 6.88. The van der Waals surface area contributed by atoms with Gasteiger partial charge in [-0.05, 0) is 66.3 Å². The van der Waals surface area contributed by atoms with E-state index in [1.165, 1.54) is 9.80 Å². The number of benzene rings is 4. The van der Waals surface area contributed by atoms with Gasteiger partial charge in [0.05, 0.1) is 11.4 Å². The summed E-state index contributed by atoms with van der Waals surface area (Å²) in [5.74, 6) is -0.449. The Morgan fingerprint density at radius 3 is 1.78 bits per heavy atom. The Hall–Kier alpha value is -4.07. The second-order valence-corrected chi connectivity index (χ2v) is 9.53. The van der Waals surface area contributed by atoms with Crippen molar-refractivity contribution in [1.82, 2.24) is 0 Å². The fourth-order valence-electron chi connectivity index (χ4n) is 3.99. The number of thiocarbonyl (C=S) groups is 1. The number of para-hydroxylation sites is 2. The van der Waals surface area contributed by atoms with Crippen LogP contribution in [0.4, 0.5) is 11.4 Å². The lowest BCUT2D eigenvalue weighted by atomic mass is 10.0. The van der Waals surface area contributed by atoms with Crippen molar-refractivity contribution in [2.75, 3.05) is 9.80 Å². The van der Waals surface area contributed by atoms with Crippen LogP contribution in [0.2, 0.25) is 0 Å². The Labute approximate surface area is 228 Å². The first-order chi connectivity index (χ1) is 18.0. The van der Waals surface area contributed by atoms with Crippen LogP contribution in [0, 0.1) is 0 Å². The van der Waals surface area contributed by atoms with Crippen LogP contribution < -0.4 is 14.5 Å². The van der Waals surface area contributed by atoms with Crippen molar-refractivity contribution in [3.8, 4) is 5.75 Å². The summed E-state index contributed by atoms with van der Waals surface area (Å²) in [6, 6.07) is 33.4. The molecule has 0 N–H and O–H groups in total. The number of amides is 2. The minimum Gasteiger partial charge on any atom is -0.488 e. The third-order valence-corrected chi connectivity index (χ3v) is 6.65. The summed E-state index contributed by atoms with van der Waals surface area (Å²) in [5.41, 5.74) is 2.72. The molecule has 0 aromatic heterocycles. The van der Waals surface area contributed by atoms with Gasteiger partial charge in [-0.15, -0.1) is 0 Å². The molecule has 0 bridgehead atoms. The molecule has 37 heavy (non-hydrogen) atoms. The highest BCUT2D eigenvalue weighted by Gasteiger charge is 2.41. The third-order valence-electron chi connectivity index (χ3n) is 5.79. The van der Waals surface area contributed by atoms with Gasteiger partial charge in [-0.3, -0.25) is 19.4 Å². The number of hydrogen-bond donors (Lipinski definition) is 0. The van der Waals surface area contributed by atoms with Gasteiger partial charge in [-0.2, -0.15) is 0 Å². The molecular formula is C30H21BrN2O3S. The van der Waals surface area contributed by atoms with Crippen LogP contribution in [0.5, 0.6) is 5.75 Å². The normalized spacial score (nSPS) is 13.6. The summed E-state index contributed by atoms with van der Waals surface area (Å²) in [6.07, 6.45) is 1.57. The molecule has 1 fully saturated rings. The van der Waals surface area contributed by atoms with Crippen molar-refractivity contribution >= 4 is 62.5 Å². The Balaban J connectivity index is 1.59. The maximum absolute atomic E-state index is 13.8. The fraction of sp³-hybridized carbons (Fsp3) is 0.0333. The van der Waals surface area contributed by atoms with Crippen molar-refractivity contribution in [2.24, 2.45) is 0 Å². The van der Waals surface area contributed by atoms with E-state index >= 15 is 0 Å². The molecule has 182 valence electrons. The zero-order valence-electron chi connectivity index (χ0n) is 19.6. The predicted molar refractivity (Wildman–Crippen MR) is 153 cm³/mol. The number of rotatable bonds is 6. The molecule has 4 aromatic carbocycles. The predicted octanol–water partition coefficient (Wildman–Crippen LogP) is 6.78. The number of hydrogen-bond acceptors (Lipinski definition) is 4. The maximum atomic E-state index is 13.8. The van der Waals surface area contributed by atoms with E-state index in [1.807, 2.05) is 84.9 Å². The molecule has 7 heteroatoms. The molecule has 1 heterocycles. The van der Waals surface area contributed by atoms with E-state index in [2.05, 4.69) is 15.9 Å². The average Bonchev–Trinajstić information content (AvgIpc) is 2.92. The van der Waals surface area contributed by atoms with Gasteiger partial charge in [0.25, 0.3) is 11.8 Å². The molecule has 0 unspecified atom stereocenters. The number of carbonyl (C=O) groups is 2. The van der Waals surface area contributed by atoms with Crippen molar-refractivity contribution in [1.29, 1.82) is 0 Å². The zero-order valence-corrected chi connectivity index (χ0v) is 22.0. The van der Waals surface area contributed by atoms with Gasteiger partial charge in [0.15, 0.2) is 5.11 Å². The molecule has 0 radical (unpaired) electrons. The highest BCUT2D eigenvalue weighted by Crippen LogP contribution is 2.32. The summed E-state index contributed by atoms with van der Waals surface area (Å²) in [7, 11) is 0. The largest absolute Gasteiger partial charge is 0.488 e. The maximum Gasteiger partial charge on any atom is 0.270 e. The number of anilines is 2. The Morgan fingerprint density at radius 1 is 0.730 bits per heavy atom. The zero-order chi connectivity index (χ0) is 25.8. The van der Waals surface area contributed by atoms with Crippen molar-refractivity contribution in [3.05, 3.63) is 130 Å². The standard InChI is InChI=1S/C30H21BrN2O3S/c31-23-16-17-27(36-20-21-10-4-1-5-11-21)22(18-23)19-26-28(34)32(24-12-6-2-7-13-24)30(37)33(29(26)35)25-14-8-3-9-15-25/h1-19H,20H2. The van der Waals surface area contributed by atoms with E-state index in [0.29, 0.717) is 29.3 Å². The van der Waals surface area contributed by atoms with Gasteiger partial charge in [0.1, 0.15) is 17.9 Å². The highest BCUT2D eigenvalue weighted by atomic mass is 79.9. The second kappa shape index (κ2) is 10.9. The fourth-order valence-corrected chi connectivity index (χ4v) is 4.75. The van der Waals surface area contributed by atoms with Gasteiger partial charge in [0.2, 0.25) is 0 Å². The number of ether oxygens (including phenoxy) is 1. The Kier molecular flexibility index (Phi) is 7.25. The molecule has 4 aromatic rings. The van der Waals surface area contributed by atoms with Crippen LogP contribution in [-0.2, 0) is 16.2 Å². The molecule has 0 saturated carbocycles. The number of carbonyl (C=O) groups excluding carboxylic acids is 2. The van der Waals surface area contributed by atoms with E-state index < -0.39 is 11.8 Å². The molecule has 0 atom stereocenters. The van der Waals surface area contributed by atoms with Gasteiger partial charge < -0.3 is 4.74 Å². The van der Waals surface area contributed by atoms with Crippen LogP contribution in [0.25, 0.3) is 6.08 Å². The van der Waals surface area contributed by atoms with Crippen molar-refractivity contribution in [2.45, 2.75) is 6.61 Å². The van der Waals surface area contributed by atoms with Crippen LogP contribution in [0.1, 0.15) is 11.1 Å². The lowest BCUT2D eigenvalue weighted by Crippen LogP contribution is -2.56. The van der Waals surface area contributed by atoms with E-state index in [9.17, 15) is 9.59 Å². The first-order valence-electron chi connectivity index (χ1n) is 11.5. The lowest BCUT2D eigenvalue weighted by molar-refractivity contribution is -0.120. The smallest absolute Gasteiger partial charge is 0.270 e. The van der Waals surface area contributed by atoms with Gasteiger partial charge in [-0.1, -0.05) is 82.7 Å². The van der Waals surface area contributed by atoms with Crippen molar-refractivity contribution in [3.63, 3.8) is 0 Å². The van der Waals surface area contributed by atoms with Gasteiger partial charge in [0, 0.05) is 10.0 Å². The molecule has 5 rings (SSSR count). The summed E-state index contributed by atoms with van der Waals surface area (Å²) in [4.78, 5) is 30.3. The van der Waals surface area contributed by atoms with Crippen LogP contribution in [-0.4, -0.2) is 16.9 Å². The summed E-state index contributed by atoms with van der Waals surface area (Å²) >= 11 is 9.18. The molecule has 1 aliphatic rings. The monoisotopic (exact) mass is 568 g/mol. The third kappa shape index (κ3) is 5.23. The topological polar surface area (TPSA) is 49.9 Å². The number of nitrogens with zero attached hydrogens (tertiary/aromatic N) is 2. The second-order valence-electron chi connectivity index (χ2n) is 8.25. The SMILES string of the molecule is O=C1C(=Cc2cc(Br)ccc2OCc2ccccc2)C(=O)N(c2ccccc2)C(=S)N1c1ccccc1. The minimum absolute atomic E-state index is 0.0241. The van der Waals surface area contributed by atoms with Crippen LogP contribution >= 0.6 is 28.1 Å². The van der Waals surface area contributed by atoms with Crippen LogP contribution in [0.3, 0.4) is 0 Å². The molecule has 0 spiro atoms. The Morgan fingerprint density at radius 2 is 1.24 bits per heavy atom. The quantitative estimate of drug-likeness (QED) is 0.146. The van der Waals surface area contributed by atoms with E-state index in [4.69, 9.17) is 17.0 Å². The van der Waals surface area contributed by atoms with Crippen LogP contribution in [0.15, 0.2) is 119 Å². The highest BCUT2D eigenvalue weighted by molar-refractivity contribution is 9.10. The van der Waals surface area contributed by atoms with Crippen molar-refractivity contribution < 1.29 is 14.3 Å². The van der Waals surface area contributed by atoms with E-state index in [0.717, 1.165) is 10.0 Å². The molecule has 5 nitrogen and oxygen atoms in total. The molecule has 0 aliphatic carbocycles. The first-order valence-corrected chi connectivity index (χ1v) is 12.7. The molecule has 1 aliphatic heterocycles. The summed E-state index contributed by atoms with van der Waals surface area (Å²) in [6.45, 7) is 0.344. The van der Waals surface area contributed by atoms with Gasteiger partial charge in [-0.25, -0.2) is 0 Å². The van der Waals surface area contributed by atoms with Gasteiger partial charge >= 0.3 is 0 Å². The summed E-state index contributed by atoms with van der Waals surface area (Å²) in [5, 5.41) is 0.0966. The molecular weight excluding hydrogens is 548 g/mol. The Bertz CT molecular complexity index is 1430. The van der Waals surface area contributed by atoms with E-state index in [1.54, 1.807) is 30.3 Å². The average molecular weight is 569 g/mol. The minimum atomic E-state index is -0.498. The first kappa shape index (κ1) is 24.6. The molecule has 1 saturated heterocycles. The lowest BCUT2D eigenvalue weighted by Gasteiger charge is -2.36. The number of halogens is 1. The molecule has 2 amide bonds. The van der Waals surface area contributed by atoms with E-state index in [-0.39, 0.29) is 10.7 Å².